The average molecular weight is 351 g/mol. The molecule has 26 heavy (non-hydrogen) atoms. The summed E-state index contributed by atoms with van der Waals surface area (Å²) in [7, 11) is 0. The molecule has 0 bridgehead atoms. The first-order valence-corrected chi connectivity index (χ1v) is 8.49. The summed E-state index contributed by atoms with van der Waals surface area (Å²) >= 11 is 0. The lowest BCUT2D eigenvalue weighted by Crippen LogP contribution is -2.10. The Morgan fingerprint density at radius 1 is 0.962 bits per heavy atom. The second-order valence-electron chi connectivity index (χ2n) is 6.28. The number of ether oxygens (including phenoxy) is 2. The molecule has 0 saturated carbocycles. The first kappa shape index (κ1) is 19.2. The Morgan fingerprint density at radius 2 is 1.54 bits per heavy atom. The van der Waals surface area contributed by atoms with Crippen molar-refractivity contribution < 1.29 is 19.1 Å². The smallest absolute Gasteiger partial charge is 0.343 e. The fourth-order valence-electron chi connectivity index (χ4n) is 2.25. The van der Waals surface area contributed by atoms with E-state index in [1.807, 2.05) is 6.07 Å². The Kier molecular flexibility index (Phi) is 6.92. The van der Waals surface area contributed by atoms with E-state index in [4.69, 9.17) is 14.7 Å². The molecular weight excluding hydrogens is 330 g/mol. The summed E-state index contributed by atoms with van der Waals surface area (Å²) in [6, 6.07) is 14.4. The number of carbonyl (C=O) groups excluding carboxylic acids is 2. The number of nitriles is 1. The van der Waals surface area contributed by atoms with Gasteiger partial charge in [0.25, 0.3) is 0 Å². The summed E-state index contributed by atoms with van der Waals surface area (Å²) in [4.78, 5) is 24.1. The van der Waals surface area contributed by atoms with Crippen molar-refractivity contribution in [2.45, 2.75) is 26.7 Å². The van der Waals surface area contributed by atoms with E-state index in [1.165, 1.54) is 12.1 Å². The van der Waals surface area contributed by atoms with Gasteiger partial charge in [0.2, 0.25) is 0 Å². The summed E-state index contributed by atoms with van der Waals surface area (Å²) in [6.07, 6.45) is 1.84. The maximum atomic E-state index is 12.1. The van der Waals surface area contributed by atoms with Crippen molar-refractivity contribution in [3.8, 4) is 11.8 Å². The Morgan fingerprint density at radius 3 is 2.08 bits per heavy atom. The monoisotopic (exact) mass is 351 g/mol. The number of hydrogen-bond acceptors (Lipinski definition) is 5. The molecule has 0 radical (unpaired) electrons. The van der Waals surface area contributed by atoms with Gasteiger partial charge in [-0.15, -0.1) is 0 Å². The number of hydrogen-bond donors (Lipinski definition) is 0. The number of esters is 2. The fourth-order valence-corrected chi connectivity index (χ4v) is 2.25. The molecule has 5 heteroatoms. The SMILES string of the molecule is CC(C)CCCOC(=O)c1ccc(C(=O)Oc2ccc(C#N)cc2)cc1. The minimum atomic E-state index is -0.536. The maximum Gasteiger partial charge on any atom is 0.343 e. The van der Waals surface area contributed by atoms with Crippen LogP contribution in [0, 0.1) is 17.2 Å². The van der Waals surface area contributed by atoms with E-state index >= 15 is 0 Å². The van der Waals surface area contributed by atoms with Gasteiger partial charge in [0.15, 0.2) is 0 Å². The summed E-state index contributed by atoms with van der Waals surface area (Å²) in [5.74, 6) is -0.00920. The van der Waals surface area contributed by atoms with E-state index in [0.717, 1.165) is 12.8 Å². The molecule has 0 amide bonds. The second kappa shape index (κ2) is 9.38. The minimum Gasteiger partial charge on any atom is -0.462 e. The predicted octanol–water partition coefficient (Wildman–Crippen LogP) is 4.37. The fraction of sp³-hybridized carbons (Fsp3) is 0.286. The predicted molar refractivity (Wildman–Crippen MR) is 96.9 cm³/mol. The summed E-state index contributed by atoms with van der Waals surface area (Å²) in [6.45, 7) is 4.63. The van der Waals surface area contributed by atoms with Crippen LogP contribution in [0.15, 0.2) is 48.5 Å². The molecule has 0 saturated heterocycles. The van der Waals surface area contributed by atoms with Gasteiger partial charge in [0.05, 0.1) is 29.4 Å². The molecule has 0 fully saturated rings. The number of rotatable bonds is 7. The quantitative estimate of drug-likeness (QED) is 0.420. The average Bonchev–Trinajstić information content (AvgIpc) is 2.65. The van der Waals surface area contributed by atoms with Gasteiger partial charge in [-0.1, -0.05) is 13.8 Å². The zero-order valence-electron chi connectivity index (χ0n) is 14.9. The Labute approximate surface area is 153 Å². The summed E-state index contributed by atoms with van der Waals surface area (Å²) < 4.78 is 10.5. The number of nitrogens with zero attached hydrogens (tertiary/aromatic N) is 1. The molecule has 0 unspecified atom stereocenters. The second-order valence-corrected chi connectivity index (χ2v) is 6.28. The van der Waals surface area contributed by atoms with Crippen molar-refractivity contribution >= 4 is 11.9 Å². The third-order valence-corrected chi connectivity index (χ3v) is 3.71. The van der Waals surface area contributed by atoms with E-state index in [-0.39, 0.29) is 0 Å². The molecule has 0 N–H and O–H groups in total. The molecule has 5 nitrogen and oxygen atoms in total. The van der Waals surface area contributed by atoms with Gasteiger partial charge in [-0.2, -0.15) is 5.26 Å². The molecule has 0 heterocycles. The Hall–Kier alpha value is -3.13. The molecule has 0 atom stereocenters. The molecule has 0 aliphatic carbocycles. The molecule has 0 aliphatic rings. The van der Waals surface area contributed by atoms with Crippen molar-refractivity contribution in [2.75, 3.05) is 6.61 Å². The van der Waals surface area contributed by atoms with Crippen molar-refractivity contribution in [1.82, 2.24) is 0 Å². The largest absolute Gasteiger partial charge is 0.462 e. The van der Waals surface area contributed by atoms with E-state index in [9.17, 15) is 9.59 Å². The Bertz CT molecular complexity index is 786. The Balaban J connectivity index is 1.90. The van der Waals surface area contributed by atoms with Crippen LogP contribution < -0.4 is 4.74 Å². The van der Waals surface area contributed by atoms with Gasteiger partial charge >= 0.3 is 11.9 Å². The number of carbonyl (C=O) groups is 2. The lowest BCUT2D eigenvalue weighted by Gasteiger charge is -2.07. The van der Waals surface area contributed by atoms with E-state index in [1.54, 1.807) is 36.4 Å². The molecule has 0 aliphatic heterocycles. The minimum absolute atomic E-state index is 0.325. The van der Waals surface area contributed by atoms with Crippen LogP contribution >= 0.6 is 0 Å². The standard InChI is InChI=1S/C21H21NO4/c1-15(2)4-3-13-25-20(23)17-7-9-18(10-8-17)21(24)26-19-11-5-16(14-22)6-12-19/h5-12,15H,3-4,13H2,1-2H3. The van der Waals surface area contributed by atoms with Crippen LogP contribution in [0.25, 0.3) is 0 Å². The van der Waals surface area contributed by atoms with E-state index in [2.05, 4.69) is 13.8 Å². The lowest BCUT2D eigenvalue weighted by molar-refractivity contribution is 0.0494. The summed E-state index contributed by atoms with van der Waals surface area (Å²) in [5, 5.41) is 8.76. The van der Waals surface area contributed by atoms with Gasteiger partial charge < -0.3 is 9.47 Å². The first-order valence-electron chi connectivity index (χ1n) is 8.49. The van der Waals surface area contributed by atoms with E-state index in [0.29, 0.717) is 35.0 Å². The normalized spacial score (nSPS) is 10.2. The van der Waals surface area contributed by atoms with Crippen molar-refractivity contribution in [3.63, 3.8) is 0 Å². The maximum absolute atomic E-state index is 12.1. The topological polar surface area (TPSA) is 76.4 Å². The molecular formula is C21H21NO4. The van der Waals surface area contributed by atoms with E-state index < -0.39 is 11.9 Å². The summed E-state index contributed by atoms with van der Waals surface area (Å²) in [5.41, 5.74) is 1.20. The van der Waals surface area contributed by atoms with Gasteiger partial charge in [0.1, 0.15) is 5.75 Å². The highest BCUT2D eigenvalue weighted by Gasteiger charge is 2.12. The van der Waals surface area contributed by atoms with Crippen LogP contribution in [0.1, 0.15) is 53.0 Å². The van der Waals surface area contributed by atoms with Crippen molar-refractivity contribution in [2.24, 2.45) is 5.92 Å². The number of benzene rings is 2. The van der Waals surface area contributed by atoms with Crippen LogP contribution in [0.3, 0.4) is 0 Å². The lowest BCUT2D eigenvalue weighted by atomic mass is 10.1. The molecule has 0 spiro atoms. The van der Waals surface area contributed by atoms with Gasteiger partial charge in [-0.25, -0.2) is 9.59 Å². The molecule has 0 aromatic heterocycles. The van der Waals surface area contributed by atoms with Crippen LogP contribution in [-0.4, -0.2) is 18.5 Å². The molecule has 134 valence electrons. The van der Waals surface area contributed by atoms with Gasteiger partial charge in [0, 0.05) is 0 Å². The van der Waals surface area contributed by atoms with Crippen LogP contribution in [-0.2, 0) is 4.74 Å². The zero-order chi connectivity index (χ0) is 18.9. The van der Waals surface area contributed by atoms with Crippen LogP contribution in [0.2, 0.25) is 0 Å². The van der Waals surface area contributed by atoms with Crippen LogP contribution in [0.4, 0.5) is 0 Å². The third kappa shape index (κ3) is 5.75. The van der Waals surface area contributed by atoms with Crippen molar-refractivity contribution in [1.29, 1.82) is 5.26 Å². The highest BCUT2D eigenvalue weighted by atomic mass is 16.5. The van der Waals surface area contributed by atoms with Gasteiger partial charge in [-0.05, 0) is 67.3 Å². The third-order valence-electron chi connectivity index (χ3n) is 3.71. The molecule has 2 aromatic carbocycles. The van der Waals surface area contributed by atoms with Crippen molar-refractivity contribution in [3.05, 3.63) is 65.2 Å². The zero-order valence-corrected chi connectivity index (χ0v) is 14.9. The highest BCUT2D eigenvalue weighted by Crippen LogP contribution is 2.15. The first-order chi connectivity index (χ1) is 12.5. The molecule has 2 aromatic rings. The molecule has 2 rings (SSSR count). The van der Waals surface area contributed by atoms with Gasteiger partial charge in [-0.3, -0.25) is 0 Å². The van der Waals surface area contributed by atoms with Crippen LogP contribution in [0.5, 0.6) is 5.75 Å². The highest BCUT2D eigenvalue weighted by molar-refractivity contribution is 5.94.